The summed E-state index contributed by atoms with van der Waals surface area (Å²) in [6.07, 6.45) is -0.547. The summed E-state index contributed by atoms with van der Waals surface area (Å²) in [4.78, 5) is 11.8. The van der Waals surface area contributed by atoms with Crippen molar-refractivity contribution in [1.29, 1.82) is 0 Å². The van der Waals surface area contributed by atoms with Crippen molar-refractivity contribution < 1.29 is 14.6 Å². The van der Waals surface area contributed by atoms with Crippen molar-refractivity contribution in [2.45, 2.75) is 26.9 Å². The first-order chi connectivity index (χ1) is 8.49. The first kappa shape index (κ1) is 14.5. The molecule has 0 bridgehead atoms. The molecule has 2 N–H and O–H groups in total. The molecule has 0 aliphatic rings. The molecule has 1 amide bonds. The van der Waals surface area contributed by atoms with E-state index in [4.69, 9.17) is 9.84 Å². The number of aliphatic hydroxyl groups is 1. The van der Waals surface area contributed by atoms with Crippen LogP contribution in [0.15, 0.2) is 24.3 Å². The smallest absolute Gasteiger partial charge is 0.251 e. The fraction of sp³-hybridized carbons (Fsp3) is 0.500. The van der Waals surface area contributed by atoms with E-state index in [0.717, 1.165) is 0 Å². The average Bonchev–Trinajstić information content (AvgIpc) is 2.33. The van der Waals surface area contributed by atoms with Gasteiger partial charge in [0.05, 0.1) is 12.7 Å². The van der Waals surface area contributed by atoms with Crippen molar-refractivity contribution in [3.05, 3.63) is 29.8 Å². The molecular weight excluding hydrogens is 230 g/mol. The summed E-state index contributed by atoms with van der Waals surface area (Å²) in [6, 6.07) is 7.04. The molecule has 0 fully saturated rings. The lowest BCUT2D eigenvalue weighted by Crippen LogP contribution is -2.30. The second kappa shape index (κ2) is 7.01. The first-order valence-electron chi connectivity index (χ1n) is 6.18. The Balaban J connectivity index is 2.60. The van der Waals surface area contributed by atoms with Crippen LogP contribution in [0.4, 0.5) is 0 Å². The van der Waals surface area contributed by atoms with Gasteiger partial charge in [-0.1, -0.05) is 19.9 Å². The normalized spacial score (nSPS) is 12.3. The van der Waals surface area contributed by atoms with Crippen LogP contribution >= 0.6 is 0 Å². The fourth-order valence-corrected chi connectivity index (χ4v) is 1.33. The number of hydrogen-bond donors (Lipinski definition) is 2. The summed E-state index contributed by atoms with van der Waals surface area (Å²) < 4.78 is 5.55. The van der Waals surface area contributed by atoms with Crippen LogP contribution in [-0.2, 0) is 0 Å². The highest BCUT2D eigenvalue weighted by Gasteiger charge is 2.07. The SMILES string of the molecule is CC(C)COc1cccc(C(=O)NC[C@H](C)O)c1. The Morgan fingerprint density at radius 1 is 1.39 bits per heavy atom. The summed E-state index contributed by atoms with van der Waals surface area (Å²) >= 11 is 0. The van der Waals surface area contributed by atoms with Crippen LogP contribution in [0.1, 0.15) is 31.1 Å². The minimum absolute atomic E-state index is 0.203. The lowest BCUT2D eigenvalue weighted by atomic mass is 10.2. The molecule has 0 spiro atoms. The van der Waals surface area contributed by atoms with E-state index in [1.54, 1.807) is 25.1 Å². The lowest BCUT2D eigenvalue weighted by Gasteiger charge is -2.10. The molecule has 4 heteroatoms. The zero-order valence-corrected chi connectivity index (χ0v) is 11.1. The quantitative estimate of drug-likeness (QED) is 0.811. The molecule has 0 unspecified atom stereocenters. The van der Waals surface area contributed by atoms with Gasteiger partial charge in [0.25, 0.3) is 5.91 Å². The standard InChI is InChI=1S/C14H21NO3/c1-10(2)9-18-13-6-4-5-12(7-13)14(17)15-8-11(3)16/h4-7,10-11,16H,8-9H2,1-3H3,(H,15,17)/t11-/m0/s1. The summed E-state index contributed by atoms with van der Waals surface area (Å²) in [6.45, 7) is 6.63. The highest BCUT2D eigenvalue weighted by molar-refractivity contribution is 5.94. The van der Waals surface area contributed by atoms with Crippen molar-refractivity contribution in [3.8, 4) is 5.75 Å². The third-order valence-electron chi connectivity index (χ3n) is 2.24. The molecule has 0 heterocycles. The summed E-state index contributed by atoms with van der Waals surface area (Å²) in [5, 5.41) is 11.8. The minimum atomic E-state index is -0.547. The van der Waals surface area contributed by atoms with Gasteiger partial charge in [0.15, 0.2) is 0 Å². The molecule has 0 saturated carbocycles. The summed E-state index contributed by atoms with van der Waals surface area (Å²) in [7, 11) is 0. The Kier molecular flexibility index (Phi) is 5.65. The maximum Gasteiger partial charge on any atom is 0.251 e. The first-order valence-corrected chi connectivity index (χ1v) is 6.18. The van der Waals surface area contributed by atoms with Crippen molar-refractivity contribution >= 4 is 5.91 Å². The van der Waals surface area contributed by atoms with E-state index in [0.29, 0.717) is 23.8 Å². The maximum atomic E-state index is 11.8. The lowest BCUT2D eigenvalue weighted by molar-refractivity contribution is 0.0923. The Hall–Kier alpha value is -1.55. The molecule has 1 rings (SSSR count). The van der Waals surface area contributed by atoms with Gasteiger partial charge in [-0.25, -0.2) is 0 Å². The maximum absolute atomic E-state index is 11.8. The Morgan fingerprint density at radius 2 is 2.11 bits per heavy atom. The second-order valence-electron chi connectivity index (χ2n) is 4.79. The van der Waals surface area contributed by atoms with E-state index in [2.05, 4.69) is 19.2 Å². The van der Waals surface area contributed by atoms with E-state index >= 15 is 0 Å². The molecule has 1 aromatic rings. The number of rotatable bonds is 6. The molecule has 1 atom stereocenters. The zero-order chi connectivity index (χ0) is 13.5. The Bertz CT molecular complexity index is 388. The van der Waals surface area contributed by atoms with Gasteiger partial charge < -0.3 is 15.2 Å². The number of hydrogen-bond acceptors (Lipinski definition) is 3. The molecule has 0 aliphatic heterocycles. The van der Waals surface area contributed by atoms with Crippen molar-refractivity contribution in [3.63, 3.8) is 0 Å². The van der Waals surface area contributed by atoms with Crippen LogP contribution in [0.2, 0.25) is 0 Å². The molecule has 100 valence electrons. The van der Waals surface area contributed by atoms with Crippen LogP contribution < -0.4 is 10.1 Å². The van der Waals surface area contributed by atoms with E-state index in [1.165, 1.54) is 0 Å². The predicted molar refractivity (Wildman–Crippen MR) is 70.8 cm³/mol. The van der Waals surface area contributed by atoms with Gasteiger partial charge in [0.1, 0.15) is 5.75 Å². The molecule has 1 aromatic carbocycles. The number of benzene rings is 1. The number of carbonyl (C=O) groups is 1. The third kappa shape index (κ3) is 5.19. The predicted octanol–water partition coefficient (Wildman–Crippen LogP) is 1.83. The van der Waals surface area contributed by atoms with Crippen LogP contribution in [0.3, 0.4) is 0 Å². The molecule has 0 aliphatic carbocycles. The number of amides is 1. The minimum Gasteiger partial charge on any atom is -0.493 e. The monoisotopic (exact) mass is 251 g/mol. The van der Waals surface area contributed by atoms with Gasteiger partial charge in [-0.3, -0.25) is 4.79 Å². The van der Waals surface area contributed by atoms with E-state index in [9.17, 15) is 4.79 Å². The number of carbonyl (C=O) groups excluding carboxylic acids is 1. The summed E-state index contributed by atoms with van der Waals surface area (Å²) in [5.74, 6) is 0.928. The van der Waals surface area contributed by atoms with Gasteiger partial charge in [0.2, 0.25) is 0 Å². The number of nitrogens with one attached hydrogen (secondary N) is 1. The largest absolute Gasteiger partial charge is 0.493 e. The van der Waals surface area contributed by atoms with E-state index < -0.39 is 6.10 Å². The van der Waals surface area contributed by atoms with Gasteiger partial charge >= 0.3 is 0 Å². The van der Waals surface area contributed by atoms with Crippen molar-refractivity contribution in [2.24, 2.45) is 5.92 Å². The highest BCUT2D eigenvalue weighted by atomic mass is 16.5. The Labute approximate surface area is 108 Å². The zero-order valence-electron chi connectivity index (χ0n) is 11.1. The molecule has 0 radical (unpaired) electrons. The van der Waals surface area contributed by atoms with Crippen LogP contribution in [0.25, 0.3) is 0 Å². The average molecular weight is 251 g/mol. The summed E-state index contributed by atoms with van der Waals surface area (Å²) in [5.41, 5.74) is 0.539. The van der Waals surface area contributed by atoms with Crippen LogP contribution in [0, 0.1) is 5.92 Å². The number of ether oxygens (including phenoxy) is 1. The number of aliphatic hydroxyl groups excluding tert-OH is 1. The molecule has 0 saturated heterocycles. The molecule has 0 aromatic heterocycles. The van der Waals surface area contributed by atoms with Crippen LogP contribution in [0.5, 0.6) is 5.75 Å². The van der Waals surface area contributed by atoms with Gasteiger partial charge in [-0.05, 0) is 31.0 Å². The Morgan fingerprint density at radius 3 is 2.72 bits per heavy atom. The fourth-order valence-electron chi connectivity index (χ4n) is 1.33. The molecule has 18 heavy (non-hydrogen) atoms. The van der Waals surface area contributed by atoms with E-state index in [-0.39, 0.29) is 12.5 Å². The van der Waals surface area contributed by atoms with Crippen LogP contribution in [-0.4, -0.2) is 30.3 Å². The highest BCUT2D eigenvalue weighted by Crippen LogP contribution is 2.14. The molecular formula is C14H21NO3. The molecule has 4 nitrogen and oxygen atoms in total. The third-order valence-corrected chi connectivity index (χ3v) is 2.24. The van der Waals surface area contributed by atoms with Gasteiger partial charge in [0, 0.05) is 12.1 Å². The second-order valence-corrected chi connectivity index (χ2v) is 4.79. The topological polar surface area (TPSA) is 58.6 Å². The van der Waals surface area contributed by atoms with Gasteiger partial charge in [-0.15, -0.1) is 0 Å². The van der Waals surface area contributed by atoms with E-state index in [1.807, 2.05) is 6.07 Å². The van der Waals surface area contributed by atoms with Crippen molar-refractivity contribution in [1.82, 2.24) is 5.32 Å². The van der Waals surface area contributed by atoms with Gasteiger partial charge in [-0.2, -0.15) is 0 Å². The van der Waals surface area contributed by atoms with Crippen molar-refractivity contribution in [2.75, 3.05) is 13.2 Å².